The molecule has 1 aromatic carbocycles. The van der Waals surface area contributed by atoms with Gasteiger partial charge in [-0.3, -0.25) is 4.79 Å². The highest BCUT2D eigenvalue weighted by molar-refractivity contribution is 5.79. The van der Waals surface area contributed by atoms with Crippen LogP contribution < -0.4 is 0 Å². The second-order valence-electron chi connectivity index (χ2n) is 5.31. The van der Waals surface area contributed by atoms with Crippen LogP contribution >= 0.6 is 0 Å². The number of amides is 1. The van der Waals surface area contributed by atoms with E-state index in [1.165, 1.54) is 0 Å². The number of nitrogens with zero attached hydrogens (tertiary/aromatic N) is 1. The smallest absolute Gasteiger partial charge is 0.395 e. The summed E-state index contributed by atoms with van der Waals surface area (Å²) in [7, 11) is 0. The number of carbonyl (C=O) groups excluding carboxylic acids is 1. The van der Waals surface area contributed by atoms with Gasteiger partial charge in [-0.2, -0.15) is 13.2 Å². The van der Waals surface area contributed by atoms with Crippen LogP contribution in [0.3, 0.4) is 0 Å². The van der Waals surface area contributed by atoms with Crippen LogP contribution in [-0.4, -0.2) is 41.8 Å². The number of rotatable bonds is 4. The zero-order valence-corrected chi connectivity index (χ0v) is 11.6. The first-order chi connectivity index (χ1) is 9.90. The minimum atomic E-state index is -4.45. The molecule has 0 fully saturated rings. The number of hydrogen-bond acceptors (Lipinski definition) is 2. The molecule has 0 saturated heterocycles. The molecule has 0 bridgehead atoms. The van der Waals surface area contributed by atoms with E-state index in [1.54, 1.807) is 0 Å². The van der Waals surface area contributed by atoms with Gasteiger partial charge in [-0.15, -0.1) is 0 Å². The average molecular weight is 301 g/mol. The lowest BCUT2D eigenvalue weighted by Gasteiger charge is -2.30. The van der Waals surface area contributed by atoms with Crippen LogP contribution in [0.25, 0.3) is 0 Å². The molecule has 6 heteroatoms. The molecule has 0 heterocycles. The van der Waals surface area contributed by atoms with Crippen molar-refractivity contribution in [1.29, 1.82) is 0 Å². The largest absolute Gasteiger partial charge is 0.406 e. The summed E-state index contributed by atoms with van der Waals surface area (Å²) in [5.74, 6) is -0.954. The van der Waals surface area contributed by atoms with Gasteiger partial charge >= 0.3 is 6.18 Å². The van der Waals surface area contributed by atoms with Gasteiger partial charge in [-0.05, 0) is 30.4 Å². The number of aliphatic hydroxyl groups is 1. The first kappa shape index (κ1) is 15.8. The van der Waals surface area contributed by atoms with Gasteiger partial charge in [0, 0.05) is 12.5 Å². The number of carbonyl (C=O) groups is 1. The van der Waals surface area contributed by atoms with E-state index in [0.29, 0.717) is 19.3 Å². The Balaban J connectivity index is 2.08. The van der Waals surface area contributed by atoms with E-state index in [0.717, 1.165) is 16.0 Å². The van der Waals surface area contributed by atoms with Gasteiger partial charge in [0.05, 0.1) is 6.61 Å². The molecule has 116 valence electrons. The lowest BCUT2D eigenvalue weighted by atomic mass is 9.83. The van der Waals surface area contributed by atoms with Gasteiger partial charge in [0.1, 0.15) is 6.54 Å². The fraction of sp³-hybridized carbons (Fsp3) is 0.533. The summed E-state index contributed by atoms with van der Waals surface area (Å²) >= 11 is 0. The standard InChI is InChI=1S/C15H18F3NO2/c16-15(17,18)10-19(7-8-20)14(21)13-6-5-11-3-1-2-4-12(11)9-13/h1-4,13,20H,5-10H2. The van der Waals surface area contributed by atoms with E-state index in [2.05, 4.69) is 0 Å². The fourth-order valence-corrected chi connectivity index (χ4v) is 2.77. The van der Waals surface area contributed by atoms with Gasteiger partial charge in [-0.25, -0.2) is 0 Å². The Kier molecular flexibility index (Phi) is 4.88. The molecule has 21 heavy (non-hydrogen) atoms. The summed E-state index contributed by atoms with van der Waals surface area (Å²) in [6.07, 6.45) is -2.73. The number of halogens is 3. The Hall–Kier alpha value is -1.56. The molecular weight excluding hydrogens is 283 g/mol. The van der Waals surface area contributed by atoms with Crippen molar-refractivity contribution in [2.45, 2.75) is 25.4 Å². The van der Waals surface area contributed by atoms with Crippen molar-refractivity contribution in [1.82, 2.24) is 4.90 Å². The second kappa shape index (κ2) is 6.47. The van der Waals surface area contributed by atoms with Gasteiger partial charge in [0.2, 0.25) is 5.91 Å². The minimum absolute atomic E-state index is 0.281. The maximum atomic E-state index is 12.5. The van der Waals surface area contributed by atoms with Gasteiger partial charge in [0.25, 0.3) is 0 Å². The number of hydrogen-bond donors (Lipinski definition) is 1. The van der Waals surface area contributed by atoms with Gasteiger partial charge in [-0.1, -0.05) is 24.3 Å². The molecule has 0 saturated carbocycles. The lowest BCUT2D eigenvalue weighted by molar-refractivity contribution is -0.164. The molecular formula is C15H18F3NO2. The Morgan fingerprint density at radius 2 is 1.95 bits per heavy atom. The highest BCUT2D eigenvalue weighted by atomic mass is 19.4. The zero-order valence-electron chi connectivity index (χ0n) is 11.6. The summed E-state index contributed by atoms with van der Waals surface area (Å²) in [5, 5.41) is 8.88. The number of aryl methyl sites for hydroxylation is 1. The van der Waals surface area contributed by atoms with E-state index in [1.807, 2.05) is 24.3 Å². The van der Waals surface area contributed by atoms with Crippen molar-refractivity contribution < 1.29 is 23.1 Å². The van der Waals surface area contributed by atoms with Crippen molar-refractivity contribution >= 4 is 5.91 Å². The maximum Gasteiger partial charge on any atom is 0.406 e. The summed E-state index contributed by atoms with van der Waals surface area (Å²) in [5.41, 5.74) is 2.18. The van der Waals surface area contributed by atoms with E-state index in [9.17, 15) is 18.0 Å². The van der Waals surface area contributed by atoms with Crippen molar-refractivity contribution in [3.63, 3.8) is 0 Å². The Morgan fingerprint density at radius 3 is 2.57 bits per heavy atom. The highest BCUT2D eigenvalue weighted by Gasteiger charge is 2.36. The first-order valence-corrected chi connectivity index (χ1v) is 6.94. The van der Waals surface area contributed by atoms with E-state index in [-0.39, 0.29) is 6.54 Å². The lowest BCUT2D eigenvalue weighted by Crippen LogP contribution is -2.44. The number of alkyl halides is 3. The predicted molar refractivity (Wildman–Crippen MR) is 71.7 cm³/mol. The van der Waals surface area contributed by atoms with Crippen LogP contribution in [0.5, 0.6) is 0 Å². The summed E-state index contributed by atoms with van der Waals surface area (Å²) in [4.78, 5) is 13.0. The third-order valence-corrected chi connectivity index (χ3v) is 3.75. The Labute approximate surface area is 121 Å². The van der Waals surface area contributed by atoms with Crippen molar-refractivity contribution in [2.24, 2.45) is 5.92 Å². The molecule has 0 aromatic heterocycles. The number of benzene rings is 1. The average Bonchev–Trinajstić information content (AvgIpc) is 2.44. The summed E-state index contributed by atoms with van der Waals surface area (Å²) in [6, 6.07) is 7.68. The normalized spacial score (nSPS) is 18.2. The van der Waals surface area contributed by atoms with Crippen LogP contribution in [0.1, 0.15) is 17.5 Å². The minimum Gasteiger partial charge on any atom is -0.395 e. The third-order valence-electron chi connectivity index (χ3n) is 3.75. The number of aliphatic hydroxyl groups excluding tert-OH is 1. The molecule has 1 aliphatic carbocycles. The van der Waals surface area contributed by atoms with Crippen LogP contribution in [0.15, 0.2) is 24.3 Å². The van der Waals surface area contributed by atoms with Crippen LogP contribution in [0.4, 0.5) is 13.2 Å². The van der Waals surface area contributed by atoms with Crippen molar-refractivity contribution in [3.8, 4) is 0 Å². The molecule has 1 aliphatic rings. The molecule has 1 N–H and O–H groups in total. The van der Waals surface area contributed by atoms with Crippen molar-refractivity contribution in [3.05, 3.63) is 35.4 Å². The summed E-state index contributed by atoms with van der Waals surface area (Å²) in [6.45, 7) is -2.05. The fourth-order valence-electron chi connectivity index (χ4n) is 2.77. The molecule has 1 unspecified atom stereocenters. The molecule has 1 atom stereocenters. The predicted octanol–water partition coefficient (Wildman–Crippen LogP) is 2.17. The Bertz CT molecular complexity index is 502. The molecule has 1 aromatic rings. The third kappa shape index (κ3) is 4.20. The van der Waals surface area contributed by atoms with Crippen LogP contribution in [-0.2, 0) is 17.6 Å². The molecule has 1 amide bonds. The number of fused-ring (bicyclic) bond motifs is 1. The second-order valence-corrected chi connectivity index (χ2v) is 5.31. The monoisotopic (exact) mass is 301 g/mol. The SMILES string of the molecule is O=C(C1CCc2ccccc2C1)N(CCO)CC(F)(F)F. The molecule has 0 spiro atoms. The van der Waals surface area contributed by atoms with Gasteiger partial charge < -0.3 is 10.0 Å². The van der Waals surface area contributed by atoms with Crippen LogP contribution in [0, 0.1) is 5.92 Å². The maximum absolute atomic E-state index is 12.5. The van der Waals surface area contributed by atoms with Crippen molar-refractivity contribution in [2.75, 3.05) is 19.7 Å². The van der Waals surface area contributed by atoms with Gasteiger partial charge in [0.15, 0.2) is 0 Å². The highest BCUT2D eigenvalue weighted by Crippen LogP contribution is 2.27. The quantitative estimate of drug-likeness (QED) is 0.926. The van der Waals surface area contributed by atoms with E-state index in [4.69, 9.17) is 5.11 Å². The Morgan fingerprint density at radius 1 is 1.29 bits per heavy atom. The molecule has 2 rings (SSSR count). The van der Waals surface area contributed by atoms with E-state index >= 15 is 0 Å². The zero-order chi connectivity index (χ0) is 15.5. The molecule has 0 radical (unpaired) electrons. The van der Waals surface area contributed by atoms with Crippen LogP contribution in [0.2, 0.25) is 0 Å². The molecule has 0 aliphatic heterocycles. The molecule has 3 nitrogen and oxygen atoms in total. The summed E-state index contributed by atoms with van der Waals surface area (Å²) < 4.78 is 37.6. The topological polar surface area (TPSA) is 40.5 Å². The first-order valence-electron chi connectivity index (χ1n) is 6.94. The van der Waals surface area contributed by atoms with E-state index < -0.39 is 31.2 Å².